The molecular formula is C22H23FN4O2. The van der Waals surface area contributed by atoms with E-state index in [4.69, 9.17) is 4.74 Å². The second-order valence-electron chi connectivity index (χ2n) is 7.01. The normalized spacial score (nSPS) is 14.2. The van der Waals surface area contributed by atoms with E-state index in [0.29, 0.717) is 18.7 Å². The molecule has 0 N–H and O–H groups in total. The number of halogens is 1. The van der Waals surface area contributed by atoms with Crippen LogP contribution in [0.2, 0.25) is 0 Å². The van der Waals surface area contributed by atoms with Crippen molar-refractivity contribution in [2.75, 3.05) is 38.2 Å². The third-order valence-electron chi connectivity index (χ3n) is 5.30. The maximum absolute atomic E-state index is 13.2. The molecular weight excluding hydrogens is 371 g/mol. The van der Waals surface area contributed by atoms with Gasteiger partial charge in [0.2, 0.25) is 0 Å². The molecule has 0 atom stereocenters. The maximum atomic E-state index is 13.2. The predicted molar refractivity (Wildman–Crippen MR) is 109 cm³/mol. The highest BCUT2D eigenvalue weighted by molar-refractivity contribution is 5.95. The van der Waals surface area contributed by atoms with E-state index in [-0.39, 0.29) is 11.7 Å². The van der Waals surface area contributed by atoms with Crippen molar-refractivity contribution in [3.63, 3.8) is 0 Å². The number of carbonyl (C=O) groups excluding carboxylic acids is 1. The van der Waals surface area contributed by atoms with Gasteiger partial charge < -0.3 is 14.5 Å². The number of methoxy groups -OCH3 is 1. The highest BCUT2D eigenvalue weighted by Gasteiger charge is 2.25. The minimum atomic E-state index is -0.302. The largest absolute Gasteiger partial charge is 0.497 e. The SMILES string of the molecule is COc1cccc(N2CCN(C(=O)c3cnn(-c4ccc(F)cc4)c3C)CC2)c1. The average Bonchev–Trinajstić information content (AvgIpc) is 3.15. The third-order valence-corrected chi connectivity index (χ3v) is 5.30. The lowest BCUT2D eigenvalue weighted by molar-refractivity contribution is 0.0746. The quantitative estimate of drug-likeness (QED) is 0.681. The summed E-state index contributed by atoms with van der Waals surface area (Å²) in [7, 11) is 1.66. The highest BCUT2D eigenvalue weighted by Crippen LogP contribution is 2.23. The first-order chi connectivity index (χ1) is 14.1. The lowest BCUT2D eigenvalue weighted by atomic mass is 10.2. The second-order valence-corrected chi connectivity index (χ2v) is 7.01. The van der Waals surface area contributed by atoms with Crippen molar-refractivity contribution < 1.29 is 13.9 Å². The van der Waals surface area contributed by atoms with E-state index in [0.717, 1.165) is 35.9 Å². The number of hydrogen-bond acceptors (Lipinski definition) is 4. The Balaban J connectivity index is 1.45. The molecule has 2 aromatic carbocycles. The minimum Gasteiger partial charge on any atom is -0.497 e. The van der Waals surface area contributed by atoms with Crippen molar-refractivity contribution in [2.45, 2.75) is 6.92 Å². The van der Waals surface area contributed by atoms with Gasteiger partial charge in [-0.1, -0.05) is 6.07 Å². The van der Waals surface area contributed by atoms with Crippen LogP contribution in [0.5, 0.6) is 5.75 Å². The molecule has 1 aromatic heterocycles. The molecule has 0 unspecified atom stereocenters. The van der Waals surface area contributed by atoms with Gasteiger partial charge in [-0.25, -0.2) is 9.07 Å². The van der Waals surface area contributed by atoms with Gasteiger partial charge in [0, 0.05) is 37.9 Å². The fourth-order valence-corrected chi connectivity index (χ4v) is 3.61. The topological polar surface area (TPSA) is 50.6 Å². The Morgan fingerprint density at radius 1 is 1.03 bits per heavy atom. The third kappa shape index (κ3) is 3.81. The van der Waals surface area contributed by atoms with Crippen molar-refractivity contribution in [1.29, 1.82) is 0 Å². The summed E-state index contributed by atoms with van der Waals surface area (Å²) in [5.74, 6) is 0.495. The molecule has 0 radical (unpaired) electrons. The summed E-state index contributed by atoms with van der Waals surface area (Å²) in [5.41, 5.74) is 3.14. The molecule has 150 valence electrons. The molecule has 0 bridgehead atoms. The zero-order chi connectivity index (χ0) is 20.4. The molecule has 29 heavy (non-hydrogen) atoms. The van der Waals surface area contributed by atoms with E-state index in [9.17, 15) is 9.18 Å². The number of ether oxygens (including phenoxy) is 1. The van der Waals surface area contributed by atoms with Gasteiger partial charge in [-0.05, 0) is 43.3 Å². The molecule has 0 aliphatic carbocycles. The van der Waals surface area contributed by atoms with E-state index < -0.39 is 0 Å². The molecule has 1 aliphatic rings. The van der Waals surface area contributed by atoms with Crippen LogP contribution in [0.1, 0.15) is 16.1 Å². The number of rotatable bonds is 4. The van der Waals surface area contributed by atoms with Crippen LogP contribution in [0, 0.1) is 12.7 Å². The lowest BCUT2D eigenvalue weighted by Gasteiger charge is -2.36. The van der Waals surface area contributed by atoms with Crippen LogP contribution in [0.4, 0.5) is 10.1 Å². The molecule has 3 aromatic rings. The number of aromatic nitrogens is 2. The van der Waals surface area contributed by atoms with Crippen molar-refractivity contribution in [3.05, 3.63) is 71.8 Å². The van der Waals surface area contributed by atoms with Crippen molar-refractivity contribution in [3.8, 4) is 11.4 Å². The van der Waals surface area contributed by atoms with E-state index in [1.54, 1.807) is 30.1 Å². The van der Waals surface area contributed by atoms with Gasteiger partial charge in [-0.2, -0.15) is 5.10 Å². The average molecular weight is 394 g/mol. The van der Waals surface area contributed by atoms with Crippen LogP contribution in [0.15, 0.2) is 54.7 Å². The summed E-state index contributed by atoms with van der Waals surface area (Å²) in [6.45, 7) is 4.64. The van der Waals surface area contributed by atoms with Gasteiger partial charge in [0.05, 0.1) is 30.3 Å². The minimum absolute atomic E-state index is 0.0267. The molecule has 6 nitrogen and oxygen atoms in total. The first-order valence-electron chi connectivity index (χ1n) is 9.55. The second kappa shape index (κ2) is 7.95. The number of hydrogen-bond donors (Lipinski definition) is 0. The van der Waals surface area contributed by atoms with E-state index in [2.05, 4.69) is 16.1 Å². The first-order valence-corrected chi connectivity index (χ1v) is 9.55. The fraction of sp³-hybridized carbons (Fsp3) is 0.273. The van der Waals surface area contributed by atoms with Gasteiger partial charge in [-0.3, -0.25) is 4.79 Å². The highest BCUT2D eigenvalue weighted by atomic mass is 19.1. The number of nitrogens with zero attached hydrogens (tertiary/aromatic N) is 4. The number of benzene rings is 2. The van der Waals surface area contributed by atoms with E-state index in [1.807, 2.05) is 30.0 Å². The van der Waals surface area contributed by atoms with Crippen LogP contribution in [-0.4, -0.2) is 53.9 Å². The van der Waals surface area contributed by atoms with Gasteiger partial charge in [-0.15, -0.1) is 0 Å². The summed E-state index contributed by atoms with van der Waals surface area (Å²) in [5, 5.41) is 4.34. The number of piperazine rings is 1. The number of anilines is 1. The summed E-state index contributed by atoms with van der Waals surface area (Å²) in [6.07, 6.45) is 1.59. The van der Waals surface area contributed by atoms with Crippen LogP contribution in [-0.2, 0) is 0 Å². The number of carbonyl (C=O) groups is 1. The molecule has 1 aliphatic heterocycles. The monoisotopic (exact) mass is 394 g/mol. The van der Waals surface area contributed by atoms with Crippen molar-refractivity contribution >= 4 is 11.6 Å². The van der Waals surface area contributed by atoms with Crippen LogP contribution >= 0.6 is 0 Å². The summed E-state index contributed by atoms with van der Waals surface area (Å²) in [4.78, 5) is 17.1. The lowest BCUT2D eigenvalue weighted by Crippen LogP contribution is -2.48. The van der Waals surface area contributed by atoms with Gasteiger partial charge in [0.25, 0.3) is 5.91 Å². The molecule has 4 rings (SSSR count). The molecule has 0 saturated carbocycles. The Morgan fingerprint density at radius 3 is 2.45 bits per heavy atom. The summed E-state index contributed by atoms with van der Waals surface area (Å²) in [6, 6.07) is 14.0. The smallest absolute Gasteiger partial charge is 0.257 e. The molecule has 0 spiro atoms. The molecule has 7 heteroatoms. The van der Waals surface area contributed by atoms with E-state index >= 15 is 0 Å². The Kier molecular flexibility index (Phi) is 5.20. The van der Waals surface area contributed by atoms with Crippen LogP contribution in [0.25, 0.3) is 5.69 Å². The van der Waals surface area contributed by atoms with Crippen LogP contribution in [0.3, 0.4) is 0 Å². The van der Waals surface area contributed by atoms with E-state index in [1.165, 1.54) is 12.1 Å². The zero-order valence-corrected chi connectivity index (χ0v) is 16.5. The molecule has 2 heterocycles. The first kappa shape index (κ1) is 19.0. The maximum Gasteiger partial charge on any atom is 0.257 e. The van der Waals surface area contributed by atoms with Crippen molar-refractivity contribution in [2.24, 2.45) is 0 Å². The molecule has 1 fully saturated rings. The Morgan fingerprint density at radius 2 is 1.76 bits per heavy atom. The summed E-state index contributed by atoms with van der Waals surface area (Å²) >= 11 is 0. The molecule has 1 amide bonds. The van der Waals surface area contributed by atoms with Crippen LogP contribution < -0.4 is 9.64 Å². The van der Waals surface area contributed by atoms with Gasteiger partial charge in [0.15, 0.2) is 0 Å². The van der Waals surface area contributed by atoms with Gasteiger partial charge in [0.1, 0.15) is 11.6 Å². The fourth-order valence-electron chi connectivity index (χ4n) is 3.61. The van der Waals surface area contributed by atoms with Crippen molar-refractivity contribution in [1.82, 2.24) is 14.7 Å². The Labute approximate surface area is 169 Å². The predicted octanol–water partition coefficient (Wildman–Crippen LogP) is 3.29. The summed E-state index contributed by atoms with van der Waals surface area (Å²) < 4.78 is 20.1. The molecule has 1 saturated heterocycles. The number of amides is 1. The zero-order valence-electron chi connectivity index (χ0n) is 16.5. The Hall–Kier alpha value is -3.35. The van der Waals surface area contributed by atoms with Gasteiger partial charge >= 0.3 is 0 Å². The Bertz CT molecular complexity index is 1010. The standard InChI is InChI=1S/C22H23FN4O2/c1-16-21(15-24-27(16)18-8-6-17(23)7-9-18)22(28)26-12-10-25(11-13-26)19-4-3-5-20(14-19)29-2/h3-9,14-15H,10-13H2,1-2H3.